The van der Waals surface area contributed by atoms with Crippen LogP contribution >= 0.6 is 0 Å². The fourth-order valence-corrected chi connectivity index (χ4v) is 2.55. The van der Waals surface area contributed by atoms with E-state index in [1.165, 1.54) is 6.20 Å². The molecule has 0 saturated carbocycles. The van der Waals surface area contributed by atoms with Crippen LogP contribution in [-0.2, 0) is 14.8 Å². The van der Waals surface area contributed by atoms with Gasteiger partial charge in [-0.05, 0) is 6.92 Å². The SMILES string of the molecule is CCN(CC(=O)O)S(=O)(=O)c1cnc(C)[nH]1. The minimum atomic E-state index is -3.79. The topological polar surface area (TPSA) is 103 Å². The predicted octanol–water partition coefficient (Wildman–Crippen LogP) is -0.187. The van der Waals surface area contributed by atoms with Gasteiger partial charge in [0, 0.05) is 6.54 Å². The number of hydrogen-bond donors (Lipinski definition) is 2. The molecule has 16 heavy (non-hydrogen) atoms. The lowest BCUT2D eigenvalue weighted by atomic mass is 10.6. The minimum absolute atomic E-state index is 0.0897. The number of aryl methyl sites for hydroxylation is 1. The molecule has 0 amide bonds. The predicted molar refractivity (Wildman–Crippen MR) is 55.4 cm³/mol. The van der Waals surface area contributed by atoms with Crippen molar-refractivity contribution in [3.8, 4) is 0 Å². The lowest BCUT2D eigenvalue weighted by Crippen LogP contribution is -2.35. The van der Waals surface area contributed by atoms with Gasteiger partial charge in [-0.1, -0.05) is 6.92 Å². The monoisotopic (exact) mass is 247 g/mol. The highest BCUT2D eigenvalue weighted by atomic mass is 32.2. The molecule has 1 heterocycles. The van der Waals surface area contributed by atoms with E-state index in [1.807, 2.05) is 0 Å². The highest BCUT2D eigenvalue weighted by Crippen LogP contribution is 2.12. The number of aromatic nitrogens is 2. The van der Waals surface area contributed by atoms with E-state index in [4.69, 9.17) is 5.11 Å². The highest BCUT2D eigenvalue weighted by molar-refractivity contribution is 7.89. The summed E-state index contributed by atoms with van der Waals surface area (Å²) in [6.07, 6.45) is 1.18. The summed E-state index contributed by atoms with van der Waals surface area (Å²) in [7, 11) is -3.79. The zero-order valence-electron chi connectivity index (χ0n) is 8.97. The van der Waals surface area contributed by atoms with Crippen molar-refractivity contribution in [1.82, 2.24) is 14.3 Å². The van der Waals surface area contributed by atoms with Crippen LogP contribution in [0.15, 0.2) is 11.2 Å². The van der Waals surface area contributed by atoms with Crippen molar-refractivity contribution in [3.05, 3.63) is 12.0 Å². The average molecular weight is 247 g/mol. The number of aliphatic carboxylic acids is 1. The first kappa shape index (κ1) is 12.7. The summed E-state index contributed by atoms with van der Waals surface area (Å²) in [5, 5.41) is 8.51. The summed E-state index contributed by atoms with van der Waals surface area (Å²) in [5.41, 5.74) is 0. The van der Waals surface area contributed by atoms with Crippen molar-refractivity contribution in [3.63, 3.8) is 0 Å². The second-order valence-electron chi connectivity index (χ2n) is 3.16. The molecule has 90 valence electrons. The van der Waals surface area contributed by atoms with Gasteiger partial charge >= 0.3 is 5.97 Å². The molecule has 0 atom stereocenters. The first-order valence-corrected chi connectivity index (χ1v) is 6.05. The normalized spacial score (nSPS) is 11.9. The Morgan fingerprint density at radius 3 is 2.62 bits per heavy atom. The number of likely N-dealkylation sites (N-methyl/N-ethyl adjacent to an activating group) is 1. The van der Waals surface area contributed by atoms with Crippen LogP contribution in [0.3, 0.4) is 0 Å². The van der Waals surface area contributed by atoms with Crippen molar-refractivity contribution in [2.24, 2.45) is 0 Å². The smallest absolute Gasteiger partial charge is 0.318 e. The summed E-state index contributed by atoms with van der Waals surface area (Å²) in [5.74, 6) is -0.730. The van der Waals surface area contributed by atoms with E-state index >= 15 is 0 Å². The van der Waals surface area contributed by atoms with Gasteiger partial charge in [-0.3, -0.25) is 4.79 Å². The van der Waals surface area contributed by atoms with Gasteiger partial charge in [0.2, 0.25) is 0 Å². The Hall–Kier alpha value is -1.41. The highest BCUT2D eigenvalue weighted by Gasteiger charge is 2.26. The molecule has 1 rings (SSSR count). The van der Waals surface area contributed by atoms with Crippen LogP contribution in [0, 0.1) is 6.92 Å². The molecule has 0 spiro atoms. The van der Waals surface area contributed by atoms with Gasteiger partial charge < -0.3 is 10.1 Å². The lowest BCUT2D eigenvalue weighted by molar-refractivity contribution is -0.137. The van der Waals surface area contributed by atoms with Crippen LogP contribution in [-0.4, -0.2) is 46.9 Å². The second kappa shape index (κ2) is 4.62. The standard InChI is InChI=1S/C8H13N3O4S/c1-3-11(5-8(12)13)16(14,15)7-4-9-6(2)10-7/h4H,3,5H2,1-2H3,(H,9,10)(H,12,13). The summed E-state index contributed by atoms with van der Waals surface area (Å²) in [4.78, 5) is 16.9. The van der Waals surface area contributed by atoms with Gasteiger partial charge in [0.25, 0.3) is 10.0 Å². The van der Waals surface area contributed by atoms with Gasteiger partial charge in [-0.25, -0.2) is 13.4 Å². The zero-order chi connectivity index (χ0) is 12.3. The number of sulfonamides is 1. The Bertz CT molecular complexity index is 479. The molecular formula is C8H13N3O4S. The maximum Gasteiger partial charge on any atom is 0.318 e. The van der Waals surface area contributed by atoms with Crippen molar-refractivity contribution in [2.75, 3.05) is 13.1 Å². The van der Waals surface area contributed by atoms with E-state index in [0.29, 0.717) is 5.82 Å². The van der Waals surface area contributed by atoms with Crippen LogP contribution in [0.25, 0.3) is 0 Å². The van der Waals surface area contributed by atoms with Gasteiger partial charge in [-0.15, -0.1) is 0 Å². The van der Waals surface area contributed by atoms with E-state index in [9.17, 15) is 13.2 Å². The van der Waals surface area contributed by atoms with Crippen molar-refractivity contribution >= 4 is 16.0 Å². The summed E-state index contributed by atoms with van der Waals surface area (Å²) < 4.78 is 24.7. The van der Waals surface area contributed by atoms with E-state index in [2.05, 4.69) is 9.97 Å². The van der Waals surface area contributed by atoms with E-state index in [1.54, 1.807) is 13.8 Å². The quantitative estimate of drug-likeness (QED) is 0.750. The van der Waals surface area contributed by atoms with E-state index in [0.717, 1.165) is 4.31 Å². The third-order valence-corrected chi connectivity index (χ3v) is 3.79. The van der Waals surface area contributed by atoms with Crippen LogP contribution < -0.4 is 0 Å². The molecule has 0 saturated heterocycles. The number of rotatable bonds is 5. The molecule has 0 bridgehead atoms. The number of carbonyl (C=O) groups is 1. The molecule has 0 aliphatic rings. The molecule has 0 aliphatic carbocycles. The Morgan fingerprint density at radius 1 is 1.62 bits per heavy atom. The number of aromatic amines is 1. The minimum Gasteiger partial charge on any atom is -0.480 e. The Balaban J connectivity index is 3.04. The van der Waals surface area contributed by atoms with Crippen LogP contribution in [0.5, 0.6) is 0 Å². The summed E-state index contributed by atoms with van der Waals surface area (Å²) in [6.45, 7) is 2.72. The Labute approximate surface area is 93.2 Å². The number of H-pyrrole nitrogens is 1. The van der Waals surface area contributed by atoms with Crippen molar-refractivity contribution in [2.45, 2.75) is 18.9 Å². The maximum atomic E-state index is 11.9. The molecule has 0 unspecified atom stereocenters. The molecule has 0 aliphatic heterocycles. The molecular weight excluding hydrogens is 234 g/mol. The number of nitrogens with zero attached hydrogens (tertiary/aromatic N) is 2. The molecule has 1 aromatic heterocycles. The van der Waals surface area contributed by atoms with Gasteiger partial charge in [0.05, 0.1) is 6.20 Å². The number of carboxylic acids is 1. The molecule has 2 N–H and O–H groups in total. The number of nitrogens with one attached hydrogen (secondary N) is 1. The van der Waals surface area contributed by atoms with Crippen LogP contribution in [0.2, 0.25) is 0 Å². The van der Waals surface area contributed by atoms with E-state index in [-0.39, 0.29) is 11.6 Å². The second-order valence-corrected chi connectivity index (χ2v) is 5.06. The molecule has 0 aromatic carbocycles. The molecule has 1 aromatic rings. The molecule has 0 fully saturated rings. The zero-order valence-corrected chi connectivity index (χ0v) is 9.78. The third kappa shape index (κ3) is 2.58. The van der Waals surface area contributed by atoms with Gasteiger partial charge in [-0.2, -0.15) is 4.31 Å². The lowest BCUT2D eigenvalue weighted by Gasteiger charge is -2.16. The van der Waals surface area contributed by atoms with Gasteiger partial charge in [0.1, 0.15) is 12.4 Å². The fourth-order valence-electron chi connectivity index (χ4n) is 1.19. The van der Waals surface area contributed by atoms with E-state index < -0.39 is 22.5 Å². The largest absolute Gasteiger partial charge is 0.480 e. The van der Waals surface area contributed by atoms with Gasteiger partial charge in [0.15, 0.2) is 5.03 Å². The summed E-state index contributed by atoms with van der Waals surface area (Å²) in [6, 6.07) is 0. The molecule has 0 radical (unpaired) electrons. The fraction of sp³-hybridized carbons (Fsp3) is 0.500. The van der Waals surface area contributed by atoms with Crippen LogP contribution in [0.4, 0.5) is 0 Å². The Kier molecular flexibility index (Phi) is 3.66. The first-order chi connectivity index (χ1) is 7.37. The first-order valence-electron chi connectivity index (χ1n) is 4.61. The number of imidazole rings is 1. The molecule has 7 nitrogen and oxygen atoms in total. The summed E-state index contributed by atoms with van der Waals surface area (Å²) >= 11 is 0. The molecule has 8 heteroatoms. The maximum absolute atomic E-state index is 11.9. The Morgan fingerprint density at radius 2 is 2.25 bits per heavy atom. The van der Waals surface area contributed by atoms with Crippen molar-refractivity contribution < 1.29 is 18.3 Å². The average Bonchev–Trinajstić information content (AvgIpc) is 2.61. The number of hydrogen-bond acceptors (Lipinski definition) is 4. The third-order valence-electron chi connectivity index (χ3n) is 1.96. The van der Waals surface area contributed by atoms with Crippen molar-refractivity contribution in [1.29, 1.82) is 0 Å². The number of carboxylic acid groups (broad SMARTS) is 1. The van der Waals surface area contributed by atoms with Crippen LogP contribution in [0.1, 0.15) is 12.7 Å².